The topological polar surface area (TPSA) is 27.7 Å². The Balaban J connectivity index is 2.56. The molecule has 0 aliphatic rings. The minimum absolute atomic E-state index is 0.156. The van der Waals surface area contributed by atoms with E-state index in [1.54, 1.807) is 0 Å². The van der Waals surface area contributed by atoms with Gasteiger partial charge in [-0.15, -0.1) is 0 Å². The third kappa shape index (κ3) is 4.05. The fourth-order valence-corrected chi connectivity index (χ4v) is 3.54. The molecule has 0 saturated carbocycles. The van der Waals surface area contributed by atoms with Gasteiger partial charge in [0.1, 0.15) is 23.2 Å². The highest BCUT2D eigenvalue weighted by molar-refractivity contribution is 6.96. The van der Waals surface area contributed by atoms with Gasteiger partial charge in [-0.25, -0.2) is 35.1 Å². The van der Waals surface area contributed by atoms with Gasteiger partial charge >= 0.3 is 0 Å². The van der Waals surface area contributed by atoms with Crippen LogP contribution in [0.4, 0.5) is 35.1 Å². The maximum Gasteiger partial charge on any atom is 0.262 e. The van der Waals surface area contributed by atoms with E-state index in [9.17, 15) is 26.3 Å². The fourth-order valence-electron chi connectivity index (χ4n) is 3.54. The molecule has 0 saturated heterocycles. The van der Waals surface area contributed by atoms with Crippen LogP contribution in [0.15, 0.2) is 24.3 Å². The Bertz CT molecular complexity index is 1170. The molecule has 3 aromatic rings. The van der Waals surface area contributed by atoms with E-state index in [-0.39, 0.29) is 12.1 Å². The second-order valence-electron chi connectivity index (χ2n) is 6.65. The molecule has 0 fully saturated rings. The third-order valence-corrected chi connectivity index (χ3v) is 4.86. The van der Waals surface area contributed by atoms with Crippen LogP contribution in [0.2, 0.25) is 0 Å². The molecule has 174 valence electrons. The number of benzene rings is 3. The molecule has 3 rings (SSSR count). The molecule has 0 bridgehead atoms. The number of hydrogen-bond donors (Lipinski definition) is 0. The molecule has 33 heavy (non-hydrogen) atoms. The molecule has 0 spiro atoms. The van der Waals surface area contributed by atoms with E-state index >= 15 is 8.78 Å². The molecule has 12 heteroatoms. The summed E-state index contributed by atoms with van der Waals surface area (Å²) in [5.74, 6) is -15.6. The zero-order valence-corrected chi connectivity index (χ0v) is 17.1. The molecule has 0 atom stereocenters. The summed E-state index contributed by atoms with van der Waals surface area (Å²) >= 11 is 0. The quantitative estimate of drug-likeness (QED) is 0.404. The van der Waals surface area contributed by atoms with Crippen molar-refractivity contribution in [3.05, 3.63) is 70.8 Å². The second-order valence-corrected chi connectivity index (χ2v) is 6.65. The van der Waals surface area contributed by atoms with E-state index in [0.717, 1.165) is 21.3 Å². The Kier molecular flexibility index (Phi) is 6.75. The molecule has 0 aliphatic heterocycles. The Morgan fingerprint density at radius 1 is 0.515 bits per heavy atom. The average molecular weight is 476 g/mol. The molecular formula is C21H13BF8O3. The van der Waals surface area contributed by atoms with Gasteiger partial charge < -0.3 is 14.2 Å². The Morgan fingerprint density at radius 2 is 0.909 bits per heavy atom. The minimum atomic E-state index is -2.34. The highest BCUT2D eigenvalue weighted by atomic mass is 19.2. The lowest BCUT2D eigenvalue weighted by atomic mass is 9.36. The first-order valence-electron chi connectivity index (χ1n) is 9.02. The summed E-state index contributed by atoms with van der Waals surface area (Å²) in [5.41, 5.74) is -3.28. The van der Waals surface area contributed by atoms with Gasteiger partial charge in [-0.1, -0.05) is 0 Å². The molecule has 0 aliphatic carbocycles. The van der Waals surface area contributed by atoms with E-state index in [4.69, 9.17) is 4.74 Å². The molecule has 0 unspecified atom stereocenters. The van der Waals surface area contributed by atoms with Crippen LogP contribution >= 0.6 is 0 Å². The lowest BCUT2D eigenvalue weighted by Gasteiger charge is -2.22. The van der Waals surface area contributed by atoms with E-state index in [2.05, 4.69) is 9.47 Å². The third-order valence-electron chi connectivity index (χ3n) is 4.86. The van der Waals surface area contributed by atoms with Crippen molar-refractivity contribution >= 4 is 23.1 Å². The van der Waals surface area contributed by atoms with Crippen molar-refractivity contribution in [3.8, 4) is 17.2 Å². The van der Waals surface area contributed by atoms with Gasteiger partial charge in [0.15, 0.2) is 40.6 Å². The summed E-state index contributed by atoms with van der Waals surface area (Å²) in [4.78, 5) is 0. The molecule has 0 N–H and O–H groups in total. The number of rotatable bonds is 6. The van der Waals surface area contributed by atoms with Gasteiger partial charge in [0.2, 0.25) is 0 Å². The zero-order chi connectivity index (χ0) is 24.6. The summed E-state index contributed by atoms with van der Waals surface area (Å²) < 4.78 is 131. The van der Waals surface area contributed by atoms with Crippen LogP contribution in [0.25, 0.3) is 0 Å². The van der Waals surface area contributed by atoms with Gasteiger partial charge in [-0.3, -0.25) is 0 Å². The van der Waals surface area contributed by atoms with Crippen LogP contribution < -0.4 is 30.6 Å². The SMILES string of the molecule is COc1c(F)cc(F)cc1B(c1c(F)cc(F)c(OC)c1F)c1c(F)cc(F)c(OC)c1F. The average Bonchev–Trinajstić information content (AvgIpc) is 2.72. The molecule has 0 radical (unpaired) electrons. The first-order valence-corrected chi connectivity index (χ1v) is 9.02. The van der Waals surface area contributed by atoms with Crippen LogP contribution in [-0.2, 0) is 0 Å². The van der Waals surface area contributed by atoms with Crippen molar-refractivity contribution in [2.75, 3.05) is 21.3 Å². The number of halogens is 8. The summed E-state index contributed by atoms with van der Waals surface area (Å²) in [6.45, 7) is -2.34. The summed E-state index contributed by atoms with van der Waals surface area (Å²) in [6.07, 6.45) is 0. The van der Waals surface area contributed by atoms with Crippen LogP contribution in [0.3, 0.4) is 0 Å². The Labute approximate surface area is 182 Å². The van der Waals surface area contributed by atoms with Gasteiger partial charge in [-0.05, 0) is 11.5 Å². The van der Waals surface area contributed by atoms with Crippen molar-refractivity contribution in [1.82, 2.24) is 0 Å². The molecule has 3 aromatic carbocycles. The number of hydrogen-bond acceptors (Lipinski definition) is 3. The standard InChI is InChI=1S/C21H13BF8O3/c1-31-19-9(4-8(23)5-12(19)26)22(15-10(24)6-13(27)20(32-2)17(15)29)16-11(25)7-14(28)21(33-3)18(16)30/h4-7H,1-3H3. The van der Waals surface area contributed by atoms with Crippen LogP contribution in [-0.4, -0.2) is 28.0 Å². The number of methoxy groups -OCH3 is 3. The van der Waals surface area contributed by atoms with Gasteiger partial charge in [0.25, 0.3) is 6.71 Å². The van der Waals surface area contributed by atoms with E-state index < -0.39 is 86.9 Å². The van der Waals surface area contributed by atoms with Gasteiger partial charge in [0, 0.05) is 29.1 Å². The summed E-state index contributed by atoms with van der Waals surface area (Å²) in [7, 11) is 2.58. The van der Waals surface area contributed by atoms with Gasteiger partial charge in [-0.2, -0.15) is 0 Å². The van der Waals surface area contributed by atoms with Crippen molar-refractivity contribution in [2.45, 2.75) is 0 Å². The van der Waals surface area contributed by atoms with Crippen LogP contribution in [0.1, 0.15) is 0 Å². The van der Waals surface area contributed by atoms with Crippen molar-refractivity contribution < 1.29 is 49.3 Å². The highest BCUT2D eigenvalue weighted by Gasteiger charge is 2.40. The second kappa shape index (κ2) is 9.20. The van der Waals surface area contributed by atoms with E-state index in [1.165, 1.54) is 0 Å². The zero-order valence-electron chi connectivity index (χ0n) is 17.1. The molecule has 3 nitrogen and oxygen atoms in total. The molecule has 0 amide bonds. The maximum absolute atomic E-state index is 15.2. The van der Waals surface area contributed by atoms with Crippen molar-refractivity contribution in [3.63, 3.8) is 0 Å². The Morgan fingerprint density at radius 3 is 1.30 bits per heavy atom. The first kappa shape index (κ1) is 24.2. The summed E-state index contributed by atoms with van der Waals surface area (Å²) in [6, 6.07) is 1.18. The first-order chi connectivity index (χ1) is 15.6. The predicted molar refractivity (Wildman–Crippen MR) is 103 cm³/mol. The molecule has 0 heterocycles. The molecular weight excluding hydrogens is 463 g/mol. The van der Waals surface area contributed by atoms with Crippen molar-refractivity contribution in [1.29, 1.82) is 0 Å². The lowest BCUT2D eigenvalue weighted by Crippen LogP contribution is -2.57. The largest absolute Gasteiger partial charge is 0.494 e. The van der Waals surface area contributed by atoms with E-state index in [1.807, 2.05) is 0 Å². The normalized spacial score (nSPS) is 10.9. The fraction of sp³-hybridized carbons (Fsp3) is 0.143. The van der Waals surface area contributed by atoms with Crippen molar-refractivity contribution in [2.24, 2.45) is 0 Å². The van der Waals surface area contributed by atoms with E-state index in [0.29, 0.717) is 12.1 Å². The van der Waals surface area contributed by atoms with Crippen LogP contribution in [0, 0.1) is 46.5 Å². The highest BCUT2D eigenvalue weighted by Crippen LogP contribution is 2.26. The lowest BCUT2D eigenvalue weighted by molar-refractivity contribution is 0.357. The number of ether oxygens (including phenoxy) is 3. The minimum Gasteiger partial charge on any atom is -0.494 e. The predicted octanol–water partition coefficient (Wildman–Crippen LogP) is 3.34. The van der Waals surface area contributed by atoms with Crippen LogP contribution in [0.5, 0.6) is 17.2 Å². The Hall–Kier alpha value is -3.44. The molecule has 0 aromatic heterocycles. The summed E-state index contributed by atoms with van der Waals surface area (Å²) in [5, 5.41) is 0. The smallest absolute Gasteiger partial charge is 0.262 e. The maximum atomic E-state index is 15.2. The monoisotopic (exact) mass is 476 g/mol. The van der Waals surface area contributed by atoms with Gasteiger partial charge in [0.05, 0.1) is 21.3 Å².